The third-order valence-corrected chi connectivity index (χ3v) is 6.05. The average Bonchev–Trinajstić information content (AvgIpc) is 3.25. The van der Waals surface area contributed by atoms with Crippen LogP contribution in [0.3, 0.4) is 0 Å². The van der Waals surface area contributed by atoms with Gasteiger partial charge in [0.15, 0.2) is 0 Å². The van der Waals surface area contributed by atoms with Crippen molar-refractivity contribution >= 4 is 28.4 Å². The van der Waals surface area contributed by atoms with Gasteiger partial charge in [-0.05, 0) is 30.9 Å². The molecule has 1 aliphatic rings. The topological polar surface area (TPSA) is 83.7 Å². The number of para-hydroxylation sites is 1. The van der Waals surface area contributed by atoms with E-state index in [4.69, 9.17) is 9.47 Å². The Bertz CT molecular complexity index is 1090. The smallest absolute Gasteiger partial charge is 0.229 e. The molecule has 1 unspecified atom stereocenters. The summed E-state index contributed by atoms with van der Waals surface area (Å²) in [5.74, 6) is 0.984. The van der Waals surface area contributed by atoms with E-state index < -0.39 is 0 Å². The molecule has 2 amide bonds. The van der Waals surface area contributed by atoms with Crippen LogP contribution in [0.25, 0.3) is 10.9 Å². The fraction of sp³-hybridized carbons (Fsp3) is 0.360. The number of rotatable bonds is 7. The largest absolute Gasteiger partial charge is 0.497 e. The second kappa shape index (κ2) is 9.77. The van der Waals surface area contributed by atoms with Gasteiger partial charge in [0.1, 0.15) is 11.5 Å². The Labute approximate surface area is 187 Å². The molecule has 3 aromatic rings. The van der Waals surface area contributed by atoms with Gasteiger partial charge in [-0.1, -0.05) is 18.2 Å². The predicted octanol–water partition coefficient (Wildman–Crippen LogP) is 4.00. The normalized spacial score (nSPS) is 16.1. The van der Waals surface area contributed by atoms with Gasteiger partial charge in [0.05, 0.1) is 20.1 Å². The Morgan fingerprint density at radius 1 is 1.12 bits per heavy atom. The van der Waals surface area contributed by atoms with Crippen molar-refractivity contribution < 1.29 is 19.1 Å². The molecule has 1 atom stereocenters. The van der Waals surface area contributed by atoms with Crippen LogP contribution in [0.2, 0.25) is 0 Å². The Hall–Kier alpha value is -3.48. The molecule has 7 heteroatoms. The number of piperidine rings is 1. The summed E-state index contributed by atoms with van der Waals surface area (Å²) in [6.07, 6.45) is 4.67. The van der Waals surface area contributed by atoms with Crippen molar-refractivity contribution in [2.45, 2.75) is 25.7 Å². The molecule has 2 aromatic carbocycles. The molecule has 7 nitrogen and oxygen atoms in total. The third-order valence-electron chi connectivity index (χ3n) is 6.05. The number of fused-ring (bicyclic) bond motifs is 1. The van der Waals surface area contributed by atoms with Crippen molar-refractivity contribution in [3.8, 4) is 11.5 Å². The molecule has 0 spiro atoms. The highest BCUT2D eigenvalue weighted by molar-refractivity contribution is 5.93. The lowest BCUT2D eigenvalue weighted by atomic mass is 9.96. The van der Waals surface area contributed by atoms with Gasteiger partial charge in [-0.25, -0.2) is 0 Å². The van der Waals surface area contributed by atoms with Crippen LogP contribution in [0, 0.1) is 5.92 Å². The predicted molar refractivity (Wildman–Crippen MR) is 124 cm³/mol. The molecule has 4 rings (SSSR count). The fourth-order valence-electron chi connectivity index (χ4n) is 4.28. The number of carbonyl (C=O) groups excluding carboxylic acids is 2. The van der Waals surface area contributed by atoms with Gasteiger partial charge in [0.2, 0.25) is 11.8 Å². The first kappa shape index (κ1) is 21.7. The number of ether oxygens (including phenoxy) is 2. The van der Waals surface area contributed by atoms with Crippen LogP contribution in [0.15, 0.2) is 48.7 Å². The summed E-state index contributed by atoms with van der Waals surface area (Å²) in [5.41, 5.74) is 2.85. The molecule has 2 N–H and O–H groups in total. The highest BCUT2D eigenvalue weighted by atomic mass is 16.5. The lowest BCUT2D eigenvalue weighted by Gasteiger charge is -2.32. The van der Waals surface area contributed by atoms with Crippen molar-refractivity contribution in [1.82, 2.24) is 9.88 Å². The van der Waals surface area contributed by atoms with Crippen molar-refractivity contribution in [1.29, 1.82) is 0 Å². The summed E-state index contributed by atoms with van der Waals surface area (Å²) < 4.78 is 10.5. The van der Waals surface area contributed by atoms with E-state index in [2.05, 4.69) is 16.4 Å². The minimum atomic E-state index is -0.238. The lowest BCUT2D eigenvalue weighted by molar-refractivity contribution is -0.134. The number of likely N-dealkylation sites (tertiary alicyclic amines) is 1. The van der Waals surface area contributed by atoms with E-state index in [1.807, 2.05) is 29.3 Å². The van der Waals surface area contributed by atoms with Crippen LogP contribution in [-0.2, 0) is 16.0 Å². The summed E-state index contributed by atoms with van der Waals surface area (Å²) >= 11 is 0. The van der Waals surface area contributed by atoms with Crippen LogP contribution in [0.1, 0.15) is 24.8 Å². The number of aromatic nitrogens is 1. The van der Waals surface area contributed by atoms with E-state index in [0.717, 1.165) is 29.3 Å². The van der Waals surface area contributed by atoms with Gasteiger partial charge >= 0.3 is 0 Å². The first-order valence-electron chi connectivity index (χ1n) is 10.9. The van der Waals surface area contributed by atoms with E-state index in [1.165, 1.54) is 0 Å². The van der Waals surface area contributed by atoms with Gasteiger partial charge in [0.25, 0.3) is 0 Å². The van der Waals surface area contributed by atoms with Crippen LogP contribution in [0.5, 0.6) is 11.5 Å². The average molecular weight is 436 g/mol. The Kier molecular flexibility index (Phi) is 6.63. The number of nitrogens with one attached hydrogen (secondary N) is 2. The molecule has 0 saturated carbocycles. The molecule has 1 aliphatic heterocycles. The second-order valence-corrected chi connectivity index (χ2v) is 8.13. The molecule has 0 bridgehead atoms. The molecular weight excluding hydrogens is 406 g/mol. The van der Waals surface area contributed by atoms with Crippen LogP contribution >= 0.6 is 0 Å². The second-order valence-electron chi connectivity index (χ2n) is 8.13. The minimum Gasteiger partial charge on any atom is -0.497 e. The SMILES string of the molecule is COc1cc(NC(=O)C2CCCN(C(=O)CCc3c[nH]c4ccccc34)C2)cc(OC)c1. The first-order valence-corrected chi connectivity index (χ1v) is 10.9. The van der Waals surface area contributed by atoms with Crippen molar-refractivity contribution in [2.24, 2.45) is 5.92 Å². The fourth-order valence-corrected chi connectivity index (χ4v) is 4.28. The molecule has 32 heavy (non-hydrogen) atoms. The van der Waals surface area contributed by atoms with Crippen LogP contribution in [0.4, 0.5) is 5.69 Å². The highest BCUT2D eigenvalue weighted by Gasteiger charge is 2.28. The molecule has 1 aromatic heterocycles. The van der Waals surface area contributed by atoms with E-state index in [1.54, 1.807) is 32.4 Å². The summed E-state index contributed by atoms with van der Waals surface area (Å²) in [5, 5.41) is 4.11. The van der Waals surface area contributed by atoms with Crippen molar-refractivity contribution in [3.05, 3.63) is 54.2 Å². The summed E-state index contributed by atoms with van der Waals surface area (Å²) in [6, 6.07) is 13.4. The number of carbonyl (C=O) groups is 2. The van der Waals surface area contributed by atoms with Gasteiger partial charge in [-0.2, -0.15) is 0 Å². The molecule has 0 aliphatic carbocycles. The third kappa shape index (κ3) is 4.88. The maximum Gasteiger partial charge on any atom is 0.229 e. The Morgan fingerprint density at radius 3 is 2.62 bits per heavy atom. The number of aromatic amines is 1. The van der Waals surface area contributed by atoms with Gasteiger partial charge in [-0.3, -0.25) is 9.59 Å². The maximum absolute atomic E-state index is 12.9. The zero-order valence-electron chi connectivity index (χ0n) is 18.5. The van der Waals surface area contributed by atoms with Crippen molar-refractivity contribution in [2.75, 3.05) is 32.6 Å². The maximum atomic E-state index is 12.9. The summed E-state index contributed by atoms with van der Waals surface area (Å²) in [7, 11) is 3.14. The quantitative estimate of drug-likeness (QED) is 0.588. The van der Waals surface area contributed by atoms with Gasteiger partial charge in [0, 0.05) is 60.5 Å². The molecule has 168 valence electrons. The molecule has 0 radical (unpaired) electrons. The number of hydrogen-bond donors (Lipinski definition) is 2. The number of methoxy groups -OCH3 is 2. The number of amides is 2. The highest BCUT2D eigenvalue weighted by Crippen LogP contribution is 2.27. The summed E-state index contributed by atoms with van der Waals surface area (Å²) in [6.45, 7) is 1.14. The number of hydrogen-bond acceptors (Lipinski definition) is 4. The monoisotopic (exact) mass is 435 g/mol. The van der Waals surface area contributed by atoms with Crippen LogP contribution < -0.4 is 14.8 Å². The Balaban J connectivity index is 1.35. The number of benzene rings is 2. The van der Waals surface area contributed by atoms with Crippen LogP contribution in [-0.4, -0.2) is 49.0 Å². The van der Waals surface area contributed by atoms with Gasteiger partial charge in [-0.15, -0.1) is 0 Å². The van der Waals surface area contributed by atoms with E-state index in [0.29, 0.717) is 43.1 Å². The molecule has 1 saturated heterocycles. The number of aryl methyl sites for hydroxylation is 1. The molecule has 1 fully saturated rings. The number of nitrogens with zero attached hydrogens (tertiary/aromatic N) is 1. The molecular formula is C25H29N3O4. The van der Waals surface area contributed by atoms with E-state index in [-0.39, 0.29) is 17.7 Å². The number of anilines is 1. The van der Waals surface area contributed by atoms with E-state index in [9.17, 15) is 9.59 Å². The first-order chi connectivity index (χ1) is 15.6. The lowest BCUT2D eigenvalue weighted by Crippen LogP contribution is -2.43. The van der Waals surface area contributed by atoms with Gasteiger partial charge < -0.3 is 24.7 Å². The minimum absolute atomic E-state index is 0.0885. The van der Waals surface area contributed by atoms with Crippen molar-refractivity contribution in [3.63, 3.8) is 0 Å². The zero-order chi connectivity index (χ0) is 22.5. The zero-order valence-corrected chi connectivity index (χ0v) is 18.5. The molecule has 2 heterocycles. The summed E-state index contributed by atoms with van der Waals surface area (Å²) in [4.78, 5) is 30.9. The Morgan fingerprint density at radius 2 is 1.88 bits per heavy atom. The number of H-pyrrole nitrogens is 1. The van der Waals surface area contributed by atoms with E-state index >= 15 is 0 Å². The standard InChI is InChI=1S/C25H29N3O4/c1-31-20-12-19(13-21(14-20)32-2)27-25(30)18-6-5-11-28(16-18)24(29)10-9-17-15-26-23-8-4-3-7-22(17)23/h3-4,7-8,12-15,18,26H,5-6,9-11,16H2,1-2H3,(H,27,30).